The van der Waals surface area contributed by atoms with Gasteiger partial charge in [-0.05, 0) is 62.8 Å². The molecule has 3 fully saturated rings. The zero-order valence-electron chi connectivity index (χ0n) is 19.1. The Morgan fingerprint density at radius 1 is 0.941 bits per heavy atom. The van der Waals surface area contributed by atoms with Crippen LogP contribution in [-0.2, 0) is 25.6 Å². The molecule has 3 heterocycles. The SMILES string of the molecule is O=C(O)C(Cc1ccc(O)cc1)NC(=O)C1CCCN1C(=O)C1CCCN1C(=O)C1CCCN1. The van der Waals surface area contributed by atoms with Gasteiger partial charge in [-0.25, -0.2) is 4.79 Å². The molecule has 184 valence electrons. The summed E-state index contributed by atoms with van der Waals surface area (Å²) in [6.45, 7) is 1.74. The van der Waals surface area contributed by atoms with Crippen molar-refractivity contribution in [2.45, 2.75) is 69.1 Å². The Bertz CT molecular complexity index is 930. The number of rotatable bonds is 7. The molecule has 0 aromatic heterocycles. The number of carboxylic acids is 1. The second kappa shape index (κ2) is 10.4. The summed E-state index contributed by atoms with van der Waals surface area (Å²) in [6.07, 6.45) is 4.17. The van der Waals surface area contributed by atoms with Gasteiger partial charge in [0.15, 0.2) is 0 Å². The lowest BCUT2D eigenvalue weighted by Gasteiger charge is -2.32. The van der Waals surface area contributed by atoms with Gasteiger partial charge in [-0.1, -0.05) is 12.1 Å². The Morgan fingerprint density at radius 3 is 2.21 bits per heavy atom. The van der Waals surface area contributed by atoms with E-state index in [0.29, 0.717) is 37.9 Å². The third kappa shape index (κ3) is 5.16. The van der Waals surface area contributed by atoms with E-state index in [1.54, 1.807) is 17.0 Å². The fourth-order valence-electron chi connectivity index (χ4n) is 5.21. The number of nitrogens with zero attached hydrogens (tertiary/aromatic N) is 2. The standard InChI is InChI=1S/C24H32N4O6/c29-16-9-7-15(8-10-16)14-18(24(33)34)26-21(30)19-5-2-12-27(19)23(32)20-6-3-13-28(20)22(31)17-4-1-11-25-17/h7-10,17-20,25,29H,1-6,11-14H2,(H,26,30)(H,33,34). The van der Waals surface area contributed by atoms with E-state index in [1.165, 1.54) is 17.0 Å². The number of phenols is 1. The van der Waals surface area contributed by atoms with Crippen molar-refractivity contribution in [3.8, 4) is 5.75 Å². The second-order valence-electron chi connectivity index (χ2n) is 9.30. The molecule has 4 rings (SSSR count). The molecule has 10 nitrogen and oxygen atoms in total. The van der Waals surface area contributed by atoms with E-state index in [9.17, 15) is 29.4 Å². The van der Waals surface area contributed by atoms with Gasteiger partial charge in [0, 0.05) is 19.5 Å². The predicted molar refractivity (Wildman–Crippen MR) is 122 cm³/mol. The van der Waals surface area contributed by atoms with E-state index in [-0.39, 0.29) is 30.0 Å². The molecule has 1 aromatic rings. The van der Waals surface area contributed by atoms with Crippen molar-refractivity contribution in [3.63, 3.8) is 0 Å². The minimum atomic E-state index is -1.17. The summed E-state index contributed by atoms with van der Waals surface area (Å²) in [4.78, 5) is 54.4. The summed E-state index contributed by atoms with van der Waals surface area (Å²) in [5.41, 5.74) is 0.658. The molecule has 0 saturated carbocycles. The van der Waals surface area contributed by atoms with Crippen LogP contribution >= 0.6 is 0 Å². The average Bonchev–Trinajstić information content (AvgIpc) is 3.60. The monoisotopic (exact) mass is 472 g/mol. The predicted octanol–water partition coefficient (Wildman–Crippen LogP) is 0.238. The normalized spacial score (nSPS) is 25.4. The van der Waals surface area contributed by atoms with Gasteiger partial charge >= 0.3 is 5.97 Å². The first-order chi connectivity index (χ1) is 16.3. The summed E-state index contributed by atoms with van der Waals surface area (Å²) in [6, 6.07) is 3.40. The Morgan fingerprint density at radius 2 is 1.59 bits per heavy atom. The lowest BCUT2D eigenvalue weighted by molar-refractivity contribution is -0.148. The summed E-state index contributed by atoms with van der Waals surface area (Å²) in [5, 5.41) is 24.8. The van der Waals surface area contributed by atoms with Crippen molar-refractivity contribution in [2.75, 3.05) is 19.6 Å². The number of carbonyl (C=O) groups is 4. The molecule has 3 aliphatic rings. The number of aromatic hydroxyl groups is 1. The van der Waals surface area contributed by atoms with Gasteiger partial charge in [0.05, 0.1) is 6.04 Å². The third-order valence-electron chi connectivity index (χ3n) is 7.01. The molecule has 4 unspecified atom stereocenters. The van der Waals surface area contributed by atoms with Crippen LogP contribution in [0.3, 0.4) is 0 Å². The number of hydrogen-bond acceptors (Lipinski definition) is 6. The van der Waals surface area contributed by atoms with Crippen molar-refractivity contribution in [2.24, 2.45) is 0 Å². The quantitative estimate of drug-likeness (QED) is 0.446. The van der Waals surface area contributed by atoms with Crippen LogP contribution in [0.1, 0.15) is 44.1 Å². The third-order valence-corrected chi connectivity index (χ3v) is 7.01. The van der Waals surface area contributed by atoms with Crippen LogP contribution in [-0.4, -0.2) is 87.5 Å². The van der Waals surface area contributed by atoms with Gasteiger partial charge in [-0.2, -0.15) is 0 Å². The highest BCUT2D eigenvalue weighted by Crippen LogP contribution is 2.26. The number of phenolic OH excluding ortho intramolecular Hbond substituents is 1. The number of nitrogens with one attached hydrogen (secondary N) is 2. The first-order valence-corrected chi connectivity index (χ1v) is 12.0. The summed E-state index contributed by atoms with van der Waals surface area (Å²) in [5.74, 6) is -1.87. The Hall–Kier alpha value is -3.14. The van der Waals surface area contributed by atoms with Crippen LogP contribution in [0.2, 0.25) is 0 Å². The number of benzene rings is 1. The van der Waals surface area contributed by atoms with Gasteiger partial charge in [0.25, 0.3) is 0 Å². The molecule has 4 N–H and O–H groups in total. The minimum absolute atomic E-state index is 0.0478. The van der Waals surface area contributed by atoms with Gasteiger partial charge < -0.3 is 30.6 Å². The first kappa shape index (κ1) is 24.0. The Labute approximate surface area is 198 Å². The highest BCUT2D eigenvalue weighted by atomic mass is 16.4. The maximum absolute atomic E-state index is 13.4. The van der Waals surface area contributed by atoms with Crippen LogP contribution in [0.4, 0.5) is 0 Å². The van der Waals surface area contributed by atoms with Gasteiger partial charge in [0.2, 0.25) is 17.7 Å². The van der Waals surface area contributed by atoms with Crippen LogP contribution in [0.15, 0.2) is 24.3 Å². The maximum Gasteiger partial charge on any atom is 0.326 e. The maximum atomic E-state index is 13.4. The van der Waals surface area contributed by atoms with E-state index < -0.39 is 30.0 Å². The van der Waals surface area contributed by atoms with Crippen molar-refractivity contribution >= 4 is 23.7 Å². The van der Waals surface area contributed by atoms with Crippen molar-refractivity contribution in [3.05, 3.63) is 29.8 Å². The number of hydrogen-bond donors (Lipinski definition) is 4. The lowest BCUT2D eigenvalue weighted by Crippen LogP contribution is -2.56. The van der Waals surface area contributed by atoms with E-state index in [1.807, 2.05) is 0 Å². The van der Waals surface area contributed by atoms with E-state index in [4.69, 9.17) is 0 Å². The fraction of sp³-hybridized carbons (Fsp3) is 0.583. The Balaban J connectivity index is 1.41. The number of aliphatic carboxylic acids is 1. The largest absolute Gasteiger partial charge is 0.508 e. The molecular formula is C24H32N4O6. The van der Waals surface area contributed by atoms with E-state index in [2.05, 4.69) is 10.6 Å². The minimum Gasteiger partial charge on any atom is -0.508 e. The highest BCUT2D eigenvalue weighted by molar-refractivity contribution is 5.95. The molecule has 3 amide bonds. The molecular weight excluding hydrogens is 440 g/mol. The molecule has 3 aliphatic heterocycles. The number of likely N-dealkylation sites (tertiary alicyclic amines) is 2. The number of carboxylic acid groups (broad SMARTS) is 1. The molecule has 0 spiro atoms. The summed E-state index contributed by atoms with van der Waals surface area (Å²) in [7, 11) is 0. The molecule has 34 heavy (non-hydrogen) atoms. The zero-order valence-corrected chi connectivity index (χ0v) is 19.1. The topological polar surface area (TPSA) is 139 Å². The summed E-state index contributed by atoms with van der Waals surface area (Å²) < 4.78 is 0. The van der Waals surface area contributed by atoms with Gasteiger partial charge in [0.1, 0.15) is 23.9 Å². The van der Waals surface area contributed by atoms with E-state index >= 15 is 0 Å². The van der Waals surface area contributed by atoms with Crippen molar-refractivity contribution in [1.82, 2.24) is 20.4 Å². The number of carbonyl (C=O) groups excluding carboxylic acids is 3. The van der Waals surface area contributed by atoms with Crippen molar-refractivity contribution < 1.29 is 29.4 Å². The molecule has 1 aromatic carbocycles. The molecule has 3 saturated heterocycles. The smallest absolute Gasteiger partial charge is 0.326 e. The molecule has 4 atom stereocenters. The molecule has 0 radical (unpaired) electrons. The molecule has 10 heteroatoms. The van der Waals surface area contributed by atoms with Gasteiger partial charge in [-0.3, -0.25) is 14.4 Å². The lowest BCUT2D eigenvalue weighted by atomic mass is 10.0. The van der Waals surface area contributed by atoms with Crippen LogP contribution in [0, 0.1) is 0 Å². The zero-order chi connectivity index (χ0) is 24.2. The van der Waals surface area contributed by atoms with Crippen LogP contribution in [0.5, 0.6) is 5.75 Å². The Kier molecular flexibility index (Phi) is 7.35. The van der Waals surface area contributed by atoms with Crippen molar-refractivity contribution in [1.29, 1.82) is 0 Å². The average molecular weight is 473 g/mol. The van der Waals surface area contributed by atoms with Crippen LogP contribution in [0.25, 0.3) is 0 Å². The second-order valence-corrected chi connectivity index (χ2v) is 9.30. The van der Waals surface area contributed by atoms with Crippen LogP contribution < -0.4 is 10.6 Å². The molecule has 0 bridgehead atoms. The van der Waals surface area contributed by atoms with E-state index in [0.717, 1.165) is 25.8 Å². The number of amides is 3. The molecule has 0 aliphatic carbocycles. The van der Waals surface area contributed by atoms with Gasteiger partial charge in [-0.15, -0.1) is 0 Å². The highest BCUT2D eigenvalue weighted by Gasteiger charge is 2.44. The summed E-state index contributed by atoms with van der Waals surface area (Å²) >= 11 is 0. The first-order valence-electron chi connectivity index (χ1n) is 12.0. The fourth-order valence-corrected chi connectivity index (χ4v) is 5.21.